The Morgan fingerprint density at radius 3 is 2.46 bits per heavy atom. The molecule has 3 heterocycles. The number of rotatable bonds is 3. The maximum atomic E-state index is 4.72. The van der Waals surface area contributed by atoms with Gasteiger partial charge in [-0.25, -0.2) is 0 Å². The first kappa shape index (κ1) is 17.1. The fourth-order valence-electron chi connectivity index (χ4n) is 3.81. The Labute approximate surface area is 147 Å². The molecule has 4 heteroatoms. The first-order valence-corrected chi connectivity index (χ1v) is 9.24. The van der Waals surface area contributed by atoms with E-state index in [-0.39, 0.29) is 0 Å². The van der Waals surface area contributed by atoms with E-state index in [1.165, 1.54) is 28.1 Å². The topological polar surface area (TPSA) is 29.0 Å². The molecule has 2 aromatic heterocycles. The van der Waals surface area contributed by atoms with Crippen LogP contribution in [0.2, 0.25) is 0 Å². The lowest BCUT2D eigenvalue weighted by Crippen LogP contribution is -2.34. The number of aryl methyl sites for hydroxylation is 4. The molecule has 0 bridgehead atoms. The Kier molecular flexibility index (Phi) is 5.01. The van der Waals surface area contributed by atoms with Crippen molar-refractivity contribution in [1.29, 1.82) is 0 Å². The first-order valence-electron chi connectivity index (χ1n) is 8.66. The van der Waals surface area contributed by atoms with Crippen molar-refractivity contribution in [3.05, 3.63) is 52.1 Å². The molecule has 126 valence electrons. The average Bonchev–Trinajstić information content (AvgIpc) is 2.54. The van der Waals surface area contributed by atoms with Crippen molar-refractivity contribution in [2.24, 2.45) is 0 Å². The second-order valence-corrected chi connectivity index (χ2v) is 7.19. The molecule has 0 atom stereocenters. The third-order valence-electron chi connectivity index (χ3n) is 4.98. The van der Waals surface area contributed by atoms with Crippen molar-refractivity contribution in [3.8, 4) is 0 Å². The molecule has 2 aromatic rings. The van der Waals surface area contributed by atoms with Crippen LogP contribution in [-0.2, 0) is 0 Å². The van der Waals surface area contributed by atoms with Crippen LogP contribution in [0.25, 0.3) is 0 Å². The highest BCUT2D eigenvalue weighted by Crippen LogP contribution is 2.33. The quantitative estimate of drug-likeness (QED) is 0.777. The highest BCUT2D eigenvalue weighted by atomic mass is 31.0. The number of pyridine rings is 2. The van der Waals surface area contributed by atoms with Gasteiger partial charge in [0.15, 0.2) is 0 Å². The van der Waals surface area contributed by atoms with Gasteiger partial charge in [-0.15, -0.1) is 8.86 Å². The van der Waals surface area contributed by atoms with Gasteiger partial charge in [0.05, 0.1) is 0 Å². The summed E-state index contributed by atoms with van der Waals surface area (Å²) in [6, 6.07) is 4.45. The fourth-order valence-corrected chi connectivity index (χ4v) is 4.16. The van der Waals surface area contributed by atoms with E-state index in [0.717, 1.165) is 37.3 Å². The molecule has 0 aromatic carbocycles. The Balaban J connectivity index is 1.79. The van der Waals surface area contributed by atoms with Crippen LogP contribution in [-0.4, -0.2) is 28.9 Å². The van der Waals surface area contributed by atoms with Crippen molar-refractivity contribution in [2.75, 3.05) is 18.0 Å². The Hall–Kier alpha value is -1.73. The SMILES string of the molecule is Cc1cnc(C2CCN(c3cc(C)nc(C)c3C=P)CC2)c(C)c1. The molecule has 0 N–H and O–H groups in total. The summed E-state index contributed by atoms with van der Waals surface area (Å²) in [5, 5.41) is 0. The van der Waals surface area contributed by atoms with Crippen molar-refractivity contribution < 1.29 is 0 Å². The van der Waals surface area contributed by atoms with E-state index in [0.29, 0.717) is 5.92 Å². The van der Waals surface area contributed by atoms with Crippen LogP contribution in [0.1, 0.15) is 52.5 Å². The minimum atomic E-state index is 0.571. The van der Waals surface area contributed by atoms with Gasteiger partial charge in [-0.2, -0.15) is 0 Å². The van der Waals surface area contributed by atoms with Crippen LogP contribution in [0.4, 0.5) is 5.69 Å². The highest BCUT2D eigenvalue weighted by Gasteiger charge is 2.24. The largest absolute Gasteiger partial charge is 0.371 e. The summed E-state index contributed by atoms with van der Waals surface area (Å²) in [6.07, 6.45) is 4.30. The molecule has 3 nitrogen and oxygen atoms in total. The second-order valence-electron chi connectivity index (χ2n) is 6.90. The first-order chi connectivity index (χ1) is 11.5. The summed E-state index contributed by atoms with van der Waals surface area (Å²) >= 11 is 0. The van der Waals surface area contributed by atoms with Gasteiger partial charge in [-0.3, -0.25) is 9.97 Å². The number of piperidine rings is 1. The lowest BCUT2D eigenvalue weighted by Gasteiger charge is -2.35. The maximum absolute atomic E-state index is 4.72. The maximum Gasteiger partial charge on any atom is 0.0479 e. The average molecular weight is 339 g/mol. The molecule has 1 fully saturated rings. The van der Waals surface area contributed by atoms with Crippen molar-refractivity contribution in [2.45, 2.75) is 46.5 Å². The molecular formula is C20H26N3P. The van der Waals surface area contributed by atoms with Crippen LogP contribution < -0.4 is 4.90 Å². The van der Waals surface area contributed by atoms with Gasteiger partial charge in [0.2, 0.25) is 0 Å². The third-order valence-corrected chi connectivity index (χ3v) is 5.27. The molecule has 0 aliphatic carbocycles. The number of hydrogen-bond donors (Lipinski definition) is 0. The van der Waals surface area contributed by atoms with E-state index in [1.54, 1.807) is 0 Å². The third kappa shape index (κ3) is 3.37. The summed E-state index contributed by atoms with van der Waals surface area (Å²) in [5.41, 5.74) is 8.51. The van der Waals surface area contributed by atoms with Crippen molar-refractivity contribution in [1.82, 2.24) is 9.97 Å². The smallest absolute Gasteiger partial charge is 0.0479 e. The van der Waals surface area contributed by atoms with E-state index in [4.69, 9.17) is 4.98 Å². The van der Waals surface area contributed by atoms with Gasteiger partial charge in [-0.05, 0) is 63.5 Å². The second kappa shape index (κ2) is 7.03. The normalized spacial score (nSPS) is 15.6. The summed E-state index contributed by atoms with van der Waals surface area (Å²) < 4.78 is 0. The zero-order chi connectivity index (χ0) is 17.3. The van der Waals surface area contributed by atoms with Crippen molar-refractivity contribution in [3.63, 3.8) is 0 Å². The Morgan fingerprint density at radius 1 is 1.12 bits per heavy atom. The van der Waals surface area contributed by atoms with Crippen LogP contribution in [0.3, 0.4) is 0 Å². The molecular weight excluding hydrogens is 313 g/mol. The van der Waals surface area contributed by atoms with Gasteiger partial charge in [-0.1, -0.05) is 6.07 Å². The van der Waals surface area contributed by atoms with Crippen LogP contribution >= 0.6 is 8.86 Å². The van der Waals surface area contributed by atoms with Crippen molar-refractivity contribution >= 4 is 20.3 Å². The molecule has 0 radical (unpaired) electrons. The van der Waals surface area contributed by atoms with E-state index in [2.05, 4.69) is 58.6 Å². The van der Waals surface area contributed by atoms with Crippen LogP contribution in [0.15, 0.2) is 18.3 Å². The minimum absolute atomic E-state index is 0.571. The Bertz CT molecular complexity index is 762. The monoisotopic (exact) mass is 339 g/mol. The summed E-state index contributed by atoms with van der Waals surface area (Å²) in [4.78, 5) is 11.8. The minimum Gasteiger partial charge on any atom is -0.371 e. The standard InChI is InChI=1S/C20H26N3P/c1-13-9-14(2)20(21-11-13)17-5-7-23(8-6-17)19-10-15(3)22-16(4)18(19)12-24/h9-12,17,24H,5-8H2,1-4H3. The number of hydrogen-bond acceptors (Lipinski definition) is 3. The molecule has 0 spiro atoms. The van der Waals surface area contributed by atoms with Gasteiger partial charge in [0.1, 0.15) is 0 Å². The van der Waals surface area contributed by atoms with Gasteiger partial charge >= 0.3 is 0 Å². The zero-order valence-corrected chi connectivity index (χ0v) is 16.1. The lowest BCUT2D eigenvalue weighted by molar-refractivity contribution is 0.494. The molecule has 1 saturated heterocycles. The summed E-state index contributed by atoms with van der Waals surface area (Å²) in [6.45, 7) is 10.6. The number of aromatic nitrogens is 2. The lowest BCUT2D eigenvalue weighted by atomic mass is 9.90. The zero-order valence-electron chi connectivity index (χ0n) is 15.1. The Morgan fingerprint density at radius 2 is 1.83 bits per heavy atom. The van der Waals surface area contributed by atoms with Gasteiger partial charge in [0, 0.05) is 53.5 Å². The highest BCUT2D eigenvalue weighted by molar-refractivity contribution is 7.19. The molecule has 3 rings (SSSR count). The fraction of sp³-hybridized carbons (Fsp3) is 0.450. The molecule has 1 aliphatic rings. The van der Waals surface area contributed by atoms with E-state index >= 15 is 0 Å². The molecule has 0 saturated carbocycles. The van der Waals surface area contributed by atoms with E-state index < -0.39 is 0 Å². The molecule has 24 heavy (non-hydrogen) atoms. The van der Waals surface area contributed by atoms with Crippen LogP contribution in [0.5, 0.6) is 0 Å². The van der Waals surface area contributed by atoms with E-state index in [9.17, 15) is 0 Å². The predicted octanol–water partition coefficient (Wildman–Crippen LogP) is 4.39. The predicted molar refractivity (Wildman–Crippen MR) is 105 cm³/mol. The number of anilines is 1. The van der Waals surface area contributed by atoms with E-state index in [1.807, 2.05) is 12.0 Å². The molecule has 1 aliphatic heterocycles. The van der Waals surface area contributed by atoms with Crippen LogP contribution in [0, 0.1) is 27.7 Å². The summed E-state index contributed by atoms with van der Waals surface area (Å²) in [5.74, 6) is 2.57. The van der Waals surface area contributed by atoms with Gasteiger partial charge in [0.25, 0.3) is 0 Å². The number of nitrogens with zero attached hydrogens (tertiary/aromatic N) is 3. The molecule has 0 unspecified atom stereocenters. The van der Waals surface area contributed by atoms with Gasteiger partial charge < -0.3 is 4.90 Å². The molecule has 0 amide bonds. The summed E-state index contributed by atoms with van der Waals surface area (Å²) in [7, 11) is 3.57.